The van der Waals surface area contributed by atoms with Crippen molar-refractivity contribution in [2.45, 2.75) is 6.42 Å². The molecule has 0 fully saturated rings. The van der Waals surface area contributed by atoms with E-state index in [1.165, 1.54) is 5.39 Å². The highest BCUT2D eigenvalue weighted by Gasteiger charge is 2.06. The molecule has 4 N–H and O–H groups in total. The van der Waals surface area contributed by atoms with E-state index in [0.717, 1.165) is 17.6 Å². The average molecular weight is 338 g/mol. The van der Waals surface area contributed by atoms with Crippen LogP contribution in [0.4, 0.5) is 5.69 Å². The fourth-order valence-electron chi connectivity index (χ4n) is 2.65. The Hall–Kier alpha value is -3.15. The van der Waals surface area contributed by atoms with Crippen LogP contribution in [0.25, 0.3) is 10.9 Å². The summed E-state index contributed by atoms with van der Waals surface area (Å²) in [5.74, 6) is 1.73. The van der Waals surface area contributed by atoms with Crippen molar-refractivity contribution in [3.8, 4) is 11.5 Å². The highest BCUT2D eigenvalue weighted by Crippen LogP contribution is 2.28. The van der Waals surface area contributed by atoms with Gasteiger partial charge in [0, 0.05) is 30.2 Å². The highest BCUT2D eigenvalue weighted by molar-refractivity contribution is 5.94. The number of aromatic nitrogens is 1. The third kappa shape index (κ3) is 4.03. The molecule has 0 atom stereocenters. The number of nitrogens with zero attached hydrogens (tertiary/aromatic N) is 1. The van der Waals surface area contributed by atoms with Gasteiger partial charge in [-0.1, -0.05) is 18.2 Å². The number of ether oxygens (including phenoxy) is 2. The molecule has 6 heteroatoms. The van der Waals surface area contributed by atoms with Gasteiger partial charge >= 0.3 is 0 Å². The molecule has 6 nitrogen and oxygen atoms in total. The Bertz CT molecular complexity index is 853. The maximum Gasteiger partial charge on any atom is 0.193 e. The molecule has 1 heterocycles. The van der Waals surface area contributed by atoms with Crippen molar-refractivity contribution >= 4 is 22.5 Å². The minimum absolute atomic E-state index is 0.336. The summed E-state index contributed by atoms with van der Waals surface area (Å²) in [5.41, 5.74) is 8.98. The number of methoxy groups -OCH3 is 2. The predicted molar refractivity (Wildman–Crippen MR) is 102 cm³/mol. The summed E-state index contributed by atoms with van der Waals surface area (Å²) in [6.07, 6.45) is 0.784. The minimum Gasteiger partial charge on any atom is -0.497 e. The van der Waals surface area contributed by atoms with Crippen LogP contribution in [0.3, 0.4) is 0 Å². The van der Waals surface area contributed by atoms with E-state index in [1.807, 2.05) is 30.3 Å². The van der Waals surface area contributed by atoms with E-state index in [0.29, 0.717) is 29.7 Å². The molecule has 0 saturated heterocycles. The van der Waals surface area contributed by atoms with Crippen molar-refractivity contribution in [3.05, 3.63) is 54.2 Å². The molecular formula is C19H22N4O2. The number of H-pyrrole nitrogens is 1. The maximum absolute atomic E-state index is 5.99. The standard InChI is InChI=1S/C19H22N4O2/c1-24-15-7-8-18(25-2)17(12-15)23-19(20)21-10-9-14-11-13-5-3-4-6-16(13)22-14/h3-8,11-12,22H,9-10H2,1-2H3,(H3,20,21,23). The van der Waals surface area contributed by atoms with Gasteiger partial charge in [0.1, 0.15) is 11.5 Å². The molecule has 2 aromatic carbocycles. The molecular weight excluding hydrogens is 316 g/mol. The lowest BCUT2D eigenvalue weighted by Crippen LogP contribution is -2.23. The number of nitrogens with two attached hydrogens (primary N) is 1. The van der Waals surface area contributed by atoms with Crippen LogP contribution >= 0.6 is 0 Å². The Morgan fingerprint density at radius 1 is 1.12 bits per heavy atom. The zero-order chi connectivity index (χ0) is 17.6. The summed E-state index contributed by atoms with van der Waals surface area (Å²) in [5, 5.41) is 4.26. The molecule has 0 aliphatic carbocycles. The van der Waals surface area contributed by atoms with E-state index in [-0.39, 0.29) is 0 Å². The van der Waals surface area contributed by atoms with E-state index in [4.69, 9.17) is 15.2 Å². The van der Waals surface area contributed by atoms with Gasteiger partial charge in [0.2, 0.25) is 0 Å². The number of rotatable bonds is 6. The van der Waals surface area contributed by atoms with Crippen LogP contribution in [-0.2, 0) is 6.42 Å². The third-order valence-electron chi connectivity index (χ3n) is 3.92. The Labute approximate surface area is 146 Å². The van der Waals surface area contributed by atoms with Gasteiger partial charge in [-0.25, -0.2) is 0 Å². The molecule has 130 valence electrons. The quantitative estimate of drug-likeness (QED) is 0.476. The molecule has 0 spiro atoms. The molecule has 25 heavy (non-hydrogen) atoms. The number of benzene rings is 2. The Kier molecular flexibility index (Phi) is 5.09. The number of aliphatic imine (C=N–C) groups is 1. The van der Waals surface area contributed by atoms with Crippen molar-refractivity contribution in [2.24, 2.45) is 10.7 Å². The lowest BCUT2D eigenvalue weighted by Gasteiger charge is -2.12. The summed E-state index contributed by atoms with van der Waals surface area (Å²) >= 11 is 0. The van der Waals surface area contributed by atoms with Crippen LogP contribution in [0, 0.1) is 0 Å². The van der Waals surface area contributed by atoms with E-state index < -0.39 is 0 Å². The van der Waals surface area contributed by atoms with Crippen LogP contribution < -0.4 is 20.5 Å². The molecule has 3 aromatic rings. The van der Waals surface area contributed by atoms with Gasteiger partial charge < -0.3 is 25.5 Å². The third-order valence-corrected chi connectivity index (χ3v) is 3.92. The SMILES string of the molecule is COc1ccc(OC)c(NC(N)=NCCc2cc3ccccc3[nH]2)c1. The minimum atomic E-state index is 0.336. The first-order valence-electron chi connectivity index (χ1n) is 8.05. The molecule has 3 rings (SSSR count). The zero-order valence-electron chi connectivity index (χ0n) is 14.4. The van der Waals surface area contributed by atoms with Crippen LogP contribution in [0.5, 0.6) is 11.5 Å². The summed E-state index contributed by atoms with van der Waals surface area (Å²) in [6.45, 7) is 0.581. The zero-order valence-corrected chi connectivity index (χ0v) is 14.4. The Balaban J connectivity index is 1.64. The fraction of sp³-hybridized carbons (Fsp3) is 0.211. The molecule has 0 unspecified atom stereocenters. The van der Waals surface area contributed by atoms with Gasteiger partial charge in [0.15, 0.2) is 5.96 Å². The van der Waals surface area contributed by atoms with Crippen molar-refractivity contribution in [3.63, 3.8) is 0 Å². The number of fused-ring (bicyclic) bond motifs is 1. The number of nitrogens with one attached hydrogen (secondary N) is 2. The summed E-state index contributed by atoms with van der Waals surface area (Å²) in [7, 11) is 3.22. The monoisotopic (exact) mass is 338 g/mol. The number of aromatic amines is 1. The molecule has 1 aromatic heterocycles. The van der Waals surface area contributed by atoms with E-state index in [2.05, 4.69) is 33.5 Å². The van der Waals surface area contributed by atoms with Crippen LogP contribution in [-0.4, -0.2) is 31.7 Å². The van der Waals surface area contributed by atoms with Gasteiger partial charge in [-0.3, -0.25) is 4.99 Å². The highest BCUT2D eigenvalue weighted by atomic mass is 16.5. The second kappa shape index (κ2) is 7.61. The van der Waals surface area contributed by atoms with Gasteiger partial charge in [-0.2, -0.15) is 0 Å². The summed E-state index contributed by atoms with van der Waals surface area (Å²) in [6, 6.07) is 15.8. The number of hydrogen-bond donors (Lipinski definition) is 3. The van der Waals surface area contributed by atoms with Gasteiger partial charge in [0.05, 0.1) is 19.9 Å². The molecule has 0 saturated carbocycles. The van der Waals surface area contributed by atoms with Crippen LogP contribution in [0.1, 0.15) is 5.69 Å². The lowest BCUT2D eigenvalue weighted by molar-refractivity contribution is 0.405. The van der Waals surface area contributed by atoms with E-state index >= 15 is 0 Å². The normalized spacial score (nSPS) is 11.5. The second-order valence-electron chi connectivity index (χ2n) is 5.59. The number of para-hydroxylation sites is 1. The van der Waals surface area contributed by atoms with Crippen LogP contribution in [0.2, 0.25) is 0 Å². The van der Waals surface area contributed by atoms with Crippen molar-refractivity contribution in [1.29, 1.82) is 0 Å². The van der Waals surface area contributed by atoms with Crippen molar-refractivity contribution in [1.82, 2.24) is 4.98 Å². The second-order valence-corrected chi connectivity index (χ2v) is 5.59. The Morgan fingerprint density at radius 2 is 1.96 bits per heavy atom. The number of hydrogen-bond acceptors (Lipinski definition) is 3. The Morgan fingerprint density at radius 3 is 2.72 bits per heavy atom. The van der Waals surface area contributed by atoms with Gasteiger partial charge in [-0.05, 0) is 29.7 Å². The smallest absolute Gasteiger partial charge is 0.193 e. The van der Waals surface area contributed by atoms with Crippen LogP contribution in [0.15, 0.2) is 53.5 Å². The first-order valence-corrected chi connectivity index (χ1v) is 8.05. The first-order chi connectivity index (χ1) is 12.2. The number of guanidine groups is 1. The average Bonchev–Trinajstić information content (AvgIpc) is 3.04. The molecule has 0 bridgehead atoms. The molecule has 0 amide bonds. The predicted octanol–water partition coefficient (Wildman–Crippen LogP) is 3.15. The molecule has 0 radical (unpaired) electrons. The summed E-state index contributed by atoms with van der Waals surface area (Å²) < 4.78 is 10.5. The van der Waals surface area contributed by atoms with Gasteiger partial charge in [-0.15, -0.1) is 0 Å². The van der Waals surface area contributed by atoms with Crippen molar-refractivity contribution < 1.29 is 9.47 Å². The van der Waals surface area contributed by atoms with Crippen molar-refractivity contribution in [2.75, 3.05) is 26.1 Å². The largest absolute Gasteiger partial charge is 0.497 e. The lowest BCUT2D eigenvalue weighted by atomic mass is 10.2. The number of anilines is 1. The first kappa shape index (κ1) is 16.7. The van der Waals surface area contributed by atoms with Gasteiger partial charge in [0.25, 0.3) is 0 Å². The summed E-state index contributed by atoms with van der Waals surface area (Å²) in [4.78, 5) is 7.77. The fourth-order valence-corrected chi connectivity index (χ4v) is 2.65. The molecule has 0 aliphatic rings. The maximum atomic E-state index is 5.99. The molecule has 0 aliphatic heterocycles. The topological polar surface area (TPSA) is 84.7 Å². The van der Waals surface area contributed by atoms with E-state index in [9.17, 15) is 0 Å². The van der Waals surface area contributed by atoms with E-state index in [1.54, 1.807) is 14.2 Å².